The highest BCUT2D eigenvalue weighted by atomic mass is 32.1. The minimum absolute atomic E-state index is 0.0643. The molecule has 2 heterocycles. The molecule has 4 nitrogen and oxygen atoms in total. The van der Waals surface area contributed by atoms with E-state index in [9.17, 15) is 9.18 Å². The Bertz CT molecular complexity index is 857. The van der Waals surface area contributed by atoms with E-state index in [1.165, 1.54) is 16.9 Å². The lowest BCUT2D eigenvalue weighted by Crippen LogP contribution is -2.46. The van der Waals surface area contributed by atoms with E-state index in [0.29, 0.717) is 5.56 Å². The Labute approximate surface area is 170 Å². The Morgan fingerprint density at radius 1 is 1.14 bits per heavy atom. The maximum atomic E-state index is 15.0. The standard InChI is InChI=1S/C22H28FN3OS/c1-15(27)24-22-20(17-8-4-6-10-19(17)28-22)21(16-7-3-5-9-18(16)23)26-13-11-25(2)12-14-26/h3,5,7,9,21H,4,6,8,10-14H2,1-2H3,(H,24,27). The number of hydrogen-bond acceptors (Lipinski definition) is 4. The fourth-order valence-electron chi connectivity index (χ4n) is 4.44. The minimum atomic E-state index is -0.170. The van der Waals surface area contributed by atoms with Gasteiger partial charge in [0.15, 0.2) is 0 Å². The highest BCUT2D eigenvalue weighted by Gasteiger charge is 2.34. The number of anilines is 1. The van der Waals surface area contributed by atoms with Crippen molar-refractivity contribution in [1.29, 1.82) is 0 Å². The van der Waals surface area contributed by atoms with Crippen molar-refractivity contribution in [2.75, 3.05) is 38.5 Å². The number of benzene rings is 1. The summed E-state index contributed by atoms with van der Waals surface area (Å²) in [6.45, 7) is 5.26. The molecule has 0 radical (unpaired) electrons. The van der Waals surface area contributed by atoms with Gasteiger partial charge in [-0.25, -0.2) is 4.39 Å². The van der Waals surface area contributed by atoms with E-state index < -0.39 is 0 Å². The molecule has 150 valence electrons. The van der Waals surface area contributed by atoms with Crippen LogP contribution in [0.3, 0.4) is 0 Å². The van der Waals surface area contributed by atoms with Crippen LogP contribution in [0.2, 0.25) is 0 Å². The van der Waals surface area contributed by atoms with Gasteiger partial charge in [0.2, 0.25) is 5.91 Å². The number of rotatable bonds is 4. The lowest BCUT2D eigenvalue weighted by Gasteiger charge is -2.39. The molecule has 28 heavy (non-hydrogen) atoms. The third-order valence-electron chi connectivity index (χ3n) is 5.88. The summed E-state index contributed by atoms with van der Waals surface area (Å²) in [7, 11) is 2.13. The summed E-state index contributed by atoms with van der Waals surface area (Å²) < 4.78 is 15.0. The summed E-state index contributed by atoms with van der Waals surface area (Å²) in [5.74, 6) is -0.235. The zero-order valence-corrected chi connectivity index (χ0v) is 17.4. The summed E-state index contributed by atoms with van der Waals surface area (Å²) in [4.78, 5) is 18.0. The van der Waals surface area contributed by atoms with Crippen LogP contribution >= 0.6 is 11.3 Å². The molecule has 1 fully saturated rings. The number of piperazine rings is 1. The van der Waals surface area contributed by atoms with Crippen LogP contribution in [-0.4, -0.2) is 48.9 Å². The molecule has 1 unspecified atom stereocenters. The molecule has 0 spiro atoms. The quantitative estimate of drug-likeness (QED) is 0.839. The second kappa shape index (κ2) is 8.31. The maximum Gasteiger partial charge on any atom is 0.221 e. The van der Waals surface area contributed by atoms with Gasteiger partial charge in [0.05, 0.1) is 6.04 Å². The SMILES string of the molecule is CC(=O)Nc1sc2c(c1C(c1ccccc1F)N1CCN(C)CC1)CCCC2. The van der Waals surface area contributed by atoms with E-state index >= 15 is 0 Å². The van der Waals surface area contributed by atoms with Gasteiger partial charge < -0.3 is 10.2 Å². The Morgan fingerprint density at radius 3 is 2.57 bits per heavy atom. The maximum absolute atomic E-state index is 15.0. The molecule has 2 aliphatic rings. The molecular weight excluding hydrogens is 373 g/mol. The third kappa shape index (κ3) is 3.86. The molecule has 4 rings (SSSR count). The molecule has 2 aromatic rings. The first-order valence-corrected chi connectivity index (χ1v) is 10.9. The van der Waals surface area contributed by atoms with Gasteiger partial charge in [-0.05, 0) is 44.4 Å². The number of carbonyl (C=O) groups is 1. The zero-order chi connectivity index (χ0) is 19.7. The molecule has 0 saturated carbocycles. The van der Waals surface area contributed by atoms with Crippen LogP contribution in [0.5, 0.6) is 0 Å². The first-order valence-electron chi connectivity index (χ1n) is 10.1. The zero-order valence-electron chi connectivity index (χ0n) is 16.6. The number of amides is 1. The summed E-state index contributed by atoms with van der Waals surface area (Å²) in [5.41, 5.74) is 3.18. The number of likely N-dealkylation sites (N-methyl/N-ethyl adjacent to an activating group) is 1. The molecule has 1 N–H and O–H groups in total. The van der Waals surface area contributed by atoms with Gasteiger partial charge in [-0.1, -0.05) is 18.2 Å². The predicted molar refractivity (Wildman–Crippen MR) is 113 cm³/mol. The van der Waals surface area contributed by atoms with E-state index in [-0.39, 0.29) is 17.8 Å². The Morgan fingerprint density at radius 2 is 1.86 bits per heavy atom. The second-order valence-electron chi connectivity index (χ2n) is 7.90. The Kier molecular flexibility index (Phi) is 5.80. The van der Waals surface area contributed by atoms with Crippen LogP contribution in [0.15, 0.2) is 24.3 Å². The van der Waals surface area contributed by atoms with Gasteiger partial charge in [-0.3, -0.25) is 9.69 Å². The van der Waals surface area contributed by atoms with Crippen molar-refractivity contribution in [1.82, 2.24) is 9.80 Å². The number of aryl methyl sites for hydroxylation is 1. The number of nitrogens with zero attached hydrogens (tertiary/aromatic N) is 2. The van der Waals surface area contributed by atoms with Gasteiger partial charge >= 0.3 is 0 Å². The molecular formula is C22H28FN3OS. The minimum Gasteiger partial charge on any atom is -0.318 e. The van der Waals surface area contributed by atoms with Crippen LogP contribution in [0, 0.1) is 5.82 Å². The fraction of sp³-hybridized carbons (Fsp3) is 0.500. The van der Waals surface area contributed by atoms with Crippen molar-refractivity contribution >= 4 is 22.2 Å². The third-order valence-corrected chi connectivity index (χ3v) is 7.10. The number of carbonyl (C=O) groups excluding carboxylic acids is 1. The number of hydrogen-bond donors (Lipinski definition) is 1. The van der Waals surface area contributed by atoms with E-state index in [1.807, 2.05) is 12.1 Å². The highest BCUT2D eigenvalue weighted by Crippen LogP contribution is 2.46. The Hall–Kier alpha value is -1.76. The molecule has 1 atom stereocenters. The highest BCUT2D eigenvalue weighted by molar-refractivity contribution is 7.16. The van der Waals surface area contributed by atoms with Gasteiger partial charge in [0.1, 0.15) is 10.8 Å². The first-order chi connectivity index (χ1) is 13.5. The van der Waals surface area contributed by atoms with E-state index in [1.54, 1.807) is 30.4 Å². The van der Waals surface area contributed by atoms with E-state index in [4.69, 9.17) is 0 Å². The molecule has 1 aliphatic heterocycles. The second-order valence-corrected chi connectivity index (χ2v) is 9.00. The first kappa shape index (κ1) is 19.6. The molecule has 1 aliphatic carbocycles. The summed E-state index contributed by atoms with van der Waals surface area (Å²) in [5, 5.41) is 3.98. The van der Waals surface area contributed by atoms with Crippen molar-refractivity contribution < 1.29 is 9.18 Å². The number of halogens is 1. The summed E-state index contributed by atoms with van der Waals surface area (Å²) in [6.07, 6.45) is 4.41. The molecule has 1 amide bonds. The molecule has 1 aromatic heterocycles. The van der Waals surface area contributed by atoms with Gasteiger partial charge in [-0.2, -0.15) is 0 Å². The van der Waals surface area contributed by atoms with E-state index in [0.717, 1.165) is 56.0 Å². The fourth-order valence-corrected chi connectivity index (χ4v) is 5.81. The monoisotopic (exact) mass is 401 g/mol. The number of thiophene rings is 1. The van der Waals surface area contributed by atoms with Crippen molar-refractivity contribution in [3.8, 4) is 0 Å². The topological polar surface area (TPSA) is 35.6 Å². The van der Waals surface area contributed by atoms with Crippen LogP contribution in [0.4, 0.5) is 9.39 Å². The normalized spacial score (nSPS) is 19.2. The number of nitrogens with one attached hydrogen (secondary N) is 1. The average molecular weight is 402 g/mol. The van der Waals surface area contributed by atoms with Crippen LogP contribution in [0.1, 0.15) is 47.4 Å². The largest absolute Gasteiger partial charge is 0.318 e. The number of fused-ring (bicyclic) bond motifs is 1. The van der Waals surface area contributed by atoms with Crippen LogP contribution in [0.25, 0.3) is 0 Å². The van der Waals surface area contributed by atoms with Gasteiger partial charge in [0.25, 0.3) is 0 Å². The molecule has 6 heteroatoms. The predicted octanol–water partition coefficient (Wildman–Crippen LogP) is 4.06. The summed E-state index contributed by atoms with van der Waals surface area (Å²) in [6, 6.07) is 6.96. The van der Waals surface area contributed by atoms with Crippen molar-refractivity contribution in [2.45, 2.75) is 38.6 Å². The van der Waals surface area contributed by atoms with Crippen LogP contribution in [-0.2, 0) is 17.6 Å². The van der Waals surface area contributed by atoms with E-state index in [2.05, 4.69) is 22.2 Å². The lowest BCUT2D eigenvalue weighted by atomic mass is 9.88. The van der Waals surface area contributed by atoms with Crippen molar-refractivity contribution in [3.63, 3.8) is 0 Å². The Balaban J connectivity index is 1.85. The molecule has 1 aromatic carbocycles. The van der Waals surface area contributed by atoms with Crippen molar-refractivity contribution in [2.24, 2.45) is 0 Å². The molecule has 0 bridgehead atoms. The molecule has 1 saturated heterocycles. The summed E-state index contributed by atoms with van der Waals surface area (Å²) >= 11 is 1.69. The van der Waals surface area contributed by atoms with Gasteiger partial charge in [0, 0.05) is 49.1 Å². The van der Waals surface area contributed by atoms with Crippen molar-refractivity contribution in [3.05, 3.63) is 51.7 Å². The van der Waals surface area contributed by atoms with Gasteiger partial charge in [-0.15, -0.1) is 11.3 Å². The lowest BCUT2D eigenvalue weighted by molar-refractivity contribution is -0.114. The smallest absolute Gasteiger partial charge is 0.221 e. The van der Waals surface area contributed by atoms with Crippen LogP contribution < -0.4 is 5.32 Å². The average Bonchev–Trinajstić information content (AvgIpc) is 3.02.